The van der Waals surface area contributed by atoms with Gasteiger partial charge in [-0.2, -0.15) is 0 Å². The largest absolute Gasteiger partial charge is 0.481 e. The number of carbonyl (C=O) groups is 2. The van der Waals surface area contributed by atoms with E-state index in [-0.39, 0.29) is 18.6 Å². The van der Waals surface area contributed by atoms with Gasteiger partial charge in [-0.15, -0.1) is 11.3 Å². The number of thiophene rings is 1. The molecule has 0 aliphatic rings. The number of halogens is 1. The molecule has 182 valence electrons. The zero-order chi connectivity index (χ0) is 24.9. The van der Waals surface area contributed by atoms with Crippen molar-refractivity contribution in [3.63, 3.8) is 0 Å². The van der Waals surface area contributed by atoms with E-state index in [1.165, 1.54) is 4.88 Å². The molecule has 0 spiro atoms. The minimum absolute atomic E-state index is 0.0707. The molecule has 2 heterocycles. The summed E-state index contributed by atoms with van der Waals surface area (Å²) in [4.78, 5) is 31.2. The van der Waals surface area contributed by atoms with E-state index in [2.05, 4.69) is 29.9 Å². The summed E-state index contributed by atoms with van der Waals surface area (Å²) in [5.74, 6) is -0.987. The highest BCUT2D eigenvalue weighted by molar-refractivity contribution is 7.09. The number of hydrogen-bond donors (Lipinski definition) is 1. The molecule has 0 radical (unpaired) electrons. The Balaban J connectivity index is 1.61. The molecular weight excluding hydrogens is 480 g/mol. The Hall–Kier alpha value is -2.96. The molecule has 35 heavy (non-hydrogen) atoms. The highest BCUT2D eigenvalue weighted by Crippen LogP contribution is 2.29. The van der Waals surface area contributed by atoms with Gasteiger partial charge in [0, 0.05) is 34.3 Å². The van der Waals surface area contributed by atoms with E-state index < -0.39 is 11.9 Å². The number of carboxylic acid groups (broad SMARTS) is 1. The van der Waals surface area contributed by atoms with Crippen molar-refractivity contribution in [1.82, 2.24) is 9.55 Å². The summed E-state index contributed by atoms with van der Waals surface area (Å²) >= 11 is 7.65. The molecule has 1 N–H and O–H groups in total. The number of hydrogen-bond acceptors (Lipinski definition) is 4. The normalized spacial score (nSPS) is 12.3. The van der Waals surface area contributed by atoms with E-state index in [9.17, 15) is 14.7 Å². The van der Waals surface area contributed by atoms with Crippen LogP contribution in [-0.2, 0) is 17.6 Å². The van der Waals surface area contributed by atoms with E-state index in [1.807, 2.05) is 18.2 Å². The Bertz CT molecular complexity index is 1310. The molecule has 4 rings (SSSR count). The maximum atomic E-state index is 13.1. The second kappa shape index (κ2) is 11.2. The second-order valence-corrected chi connectivity index (χ2v) is 10.3. The fourth-order valence-electron chi connectivity index (χ4n) is 4.57. The van der Waals surface area contributed by atoms with Gasteiger partial charge in [0.05, 0.1) is 17.0 Å². The van der Waals surface area contributed by atoms with Crippen molar-refractivity contribution in [3.05, 3.63) is 86.8 Å². The van der Waals surface area contributed by atoms with Crippen LogP contribution in [0.4, 0.5) is 0 Å². The number of fused-ring (bicyclic) bond motifs is 1. The second-order valence-electron chi connectivity index (χ2n) is 8.82. The van der Waals surface area contributed by atoms with Crippen LogP contribution in [0.1, 0.15) is 65.8 Å². The number of imidazole rings is 1. The minimum atomic E-state index is -0.981. The number of aromatic nitrogens is 2. The monoisotopic (exact) mass is 508 g/mol. The fraction of sp³-hybridized carbons (Fsp3) is 0.321. The number of ketones is 1. The zero-order valence-corrected chi connectivity index (χ0v) is 21.5. The standard InChI is InChI=1S/C28H29ClN2O3S/c1-3-22(4-2)31-25-12-9-19(15-24(25)30-27(31)17-23-6-5-13-35-23)26(32)16-20(28(33)34)14-18-7-10-21(29)11-8-18/h5-13,15,20,22H,3-4,14,16-17H2,1-2H3,(H,33,34)/t20-/m1/s1. The number of nitrogens with zero attached hydrogens (tertiary/aromatic N) is 2. The lowest BCUT2D eigenvalue weighted by molar-refractivity contribution is -0.141. The highest BCUT2D eigenvalue weighted by Gasteiger charge is 2.24. The van der Waals surface area contributed by atoms with Crippen LogP contribution in [0, 0.1) is 5.92 Å². The van der Waals surface area contributed by atoms with Crippen LogP contribution < -0.4 is 0 Å². The first-order valence-electron chi connectivity index (χ1n) is 11.9. The van der Waals surface area contributed by atoms with Crippen molar-refractivity contribution in [2.75, 3.05) is 0 Å². The molecular formula is C28H29ClN2O3S. The SMILES string of the molecule is CCC(CC)n1c(Cc2cccs2)nc2cc(C(=O)C[C@@H](Cc3ccc(Cl)cc3)C(=O)O)ccc21. The lowest BCUT2D eigenvalue weighted by atomic mass is 9.92. The number of carbonyl (C=O) groups excluding carboxylic acids is 1. The summed E-state index contributed by atoms with van der Waals surface area (Å²) < 4.78 is 2.31. The lowest BCUT2D eigenvalue weighted by Crippen LogP contribution is -2.20. The number of carboxylic acids is 1. The van der Waals surface area contributed by atoms with Gasteiger partial charge in [0.15, 0.2) is 5.78 Å². The third-order valence-corrected chi connectivity index (χ3v) is 7.61. The molecule has 0 aliphatic heterocycles. The van der Waals surface area contributed by atoms with Crippen LogP contribution in [-0.4, -0.2) is 26.4 Å². The maximum absolute atomic E-state index is 13.1. The van der Waals surface area contributed by atoms with E-state index in [1.54, 1.807) is 41.7 Å². The molecule has 1 atom stereocenters. The van der Waals surface area contributed by atoms with Crippen molar-refractivity contribution in [2.24, 2.45) is 5.92 Å². The average molecular weight is 509 g/mol. The first-order chi connectivity index (χ1) is 16.9. The quantitative estimate of drug-likeness (QED) is 0.217. The zero-order valence-electron chi connectivity index (χ0n) is 19.9. The van der Waals surface area contributed by atoms with Gasteiger partial charge in [-0.1, -0.05) is 43.6 Å². The molecule has 0 aliphatic carbocycles. The Kier molecular flexibility index (Phi) is 8.04. The van der Waals surface area contributed by atoms with Gasteiger partial charge in [-0.3, -0.25) is 9.59 Å². The summed E-state index contributed by atoms with van der Waals surface area (Å²) in [5.41, 5.74) is 3.13. The van der Waals surface area contributed by atoms with Gasteiger partial charge in [0.2, 0.25) is 0 Å². The highest BCUT2D eigenvalue weighted by atomic mass is 35.5. The average Bonchev–Trinajstić information content (AvgIpc) is 3.48. The molecule has 0 saturated heterocycles. The summed E-state index contributed by atoms with van der Waals surface area (Å²) in [6.45, 7) is 4.36. The van der Waals surface area contributed by atoms with Gasteiger partial charge in [0.25, 0.3) is 0 Å². The molecule has 0 unspecified atom stereocenters. The summed E-state index contributed by atoms with van der Waals surface area (Å²) in [7, 11) is 0. The summed E-state index contributed by atoms with van der Waals surface area (Å²) in [6, 6.07) is 17.1. The molecule has 0 fully saturated rings. The van der Waals surface area contributed by atoms with E-state index in [4.69, 9.17) is 16.6 Å². The number of Topliss-reactive ketones (excluding diaryl/α,β-unsaturated/α-hetero) is 1. The molecule has 2 aromatic carbocycles. The van der Waals surface area contributed by atoms with Gasteiger partial charge in [-0.25, -0.2) is 4.98 Å². The molecule has 2 aromatic heterocycles. The van der Waals surface area contributed by atoms with Crippen molar-refractivity contribution in [1.29, 1.82) is 0 Å². The smallest absolute Gasteiger partial charge is 0.307 e. The molecule has 7 heteroatoms. The predicted octanol–water partition coefficient (Wildman–Crippen LogP) is 7.22. The molecule has 0 amide bonds. The van der Waals surface area contributed by atoms with E-state index in [0.717, 1.165) is 41.7 Å². The Morgan fingerprint density at radius 2 is 1.83 bits per heavy atom. The first-order valence-corrected chi connectivity index (χ1v) is 13.2. The third kappa shape index (κ3) is 5.82. The topological polar surface area (TPSA) is 72.2 Å². The Morgan fingerprint density at radius 3 is 2.46 bits per heavy atom. The van der Waals surface area contributed by atoms with Gasteiger partial charge >= 0.3 is 5.97 Å². The number of benzene rings is 2. The van der Waals surface area contributed by atoms with Crippen LogP contribution in [0.25, 0.3) is 11.0 Å². The summed E-state index contributed by atoms with van der Waals surface area (Å²) in [5, 5.41) is 12.4. The van der Waals surface area contributed by atoms with Crippen molar-refractivity contribution < 1.29 is 14.7 Å². The van der Waals surface area contributed by atoms with Crippen molar-refractivity contribution in [3.8, 4) is 0 Å². The van der Waals surface area contributed by atoms with Gasteiger partial charge in [0.1, 0.15) is 5.82 Å². The summed E-state index contributed by atoms with van der Waals surface area (Å²) in [6.07, 6.45) is 2.93. The Morgan fingerprint density at radius 1 is 1.09 bits per heavy atom. The first kappa shape index (κ1) is 25.1. The fourth-order valence-corrected chi connectivity index (χ4v) is 5.40. The third-order valence-electron chi connectivity index (χ3n) is 6.48. The Labute approximate surface area is 214 Å². The van der Waals surface area contributed by atoms with Crippen LogP contribution in [0.3, 0.4) is 0 Å². The molecule has 5 nitrogen and oxygen atoms in total. The molecule has 0 saturated carbocycles. The van der Waals surface area contributed by atoms with Crippen LogP contribution in [0.2, 0.25) is 5.02 Å². The van der Waals surface area contributed by atoms with Crippen LogP contribution in [0.15, 0.2) is 60.0 Å². The number of rotatable bonds is 11. The predicted molar refractivity (Wildman–Crippen MR) is 142 cm³/mol. The van der Waals surface area contributed by atoms with Crippen LogP contribution >= 0.6 is 22.9 Å². The van der Waals surface area contributed by atoms with Crippen molar-refractivity contribution in [2.45, 2.75) is 52.0 Å². The molecule has 4 aromatic rings. The van der Waals surface area contributed by atoms with Gasteiger partial charge in [-0.05, 0) is 66.6 Å². The van der Waals surface area contributed by atoms with E-state index >= 15 is 0 Å². The number of aliphatic carboxylic acids is 1. The maximum Gasteiger partial charge on any atom is 0.307 e. The van der Waals surface area contributed by atoms with Crippen LogP contribution in [0.5, 0.6) is 0 Å². The van der Waals surface area contributed by atoms with E-state index in [0.29, 0.717) is 16.6 Å². The lowest BCUT2D eigenvalue weighted by Gasteiger charge is -2.19. The van der Waals surface area contributed by atoms with Gasteiger partial charge < -0.3 is 9.67 Å². The molecule has 0 bridgehead atoms. The van der Waals surface area contributed by atoms with Crippen molar-refractivity contribution >= 4 is 45.7 Å². The minimum Gasteiger partial charge on any atom is -0.481 e.